The summed E-state index contributed by atoms with van der Waals surface area (Å²) in [6.45, 7) is 7.69. The molecule has 104 valence electrons. The standard InChI is InChI=1S/C14H28N4/c1-10(2)8-11(3)16-18-14-13-7-5-4-6-12(13)9-15-17-14/h10,12-15,17-18H,4-9H2,1-3H3/b16-11+. The van der Waals surface area contributed by atoms with E-state index < -0.39 is 0 Å². The first-order valence-corrected chi connectivity index (χ1v) is 7.44. The number of hydrazone groups is 1. The van der Waals surface area contributed by atoms with E-state index in [9.17, 15) is 0 Å². The van der Waals surface area contributed by atoms with Crippen LogP contribution in [0, 0.1) is 17.8 Å². The van der Waals surface area contributed by atoms with Gasteiger partial charge in [-0.2, -0.15) is 5.10 Å². The van der Waals surface area contributed by atoms with Gasteiger partial charge in [0.05, 0.1) is 0 Å². The first-order valence-electron chi connectivity index (χ1n) is 7.44. The molecule has 0 spiro atoms. The fourth-order valence-corrected chi connectivity index (χ4v) is 3.28. The highest BCUT2D eigenvalue weighted by Gasteiger charge is 2.34. The largest absolute Gasteiger partial charge is 0.291 e. The highest BCUT2D eigenvalue weighted by molar-refractivity contribution is 5.81. The molecule has 1 aliphatic heterocycles. The molecule has 1 aliphatic carbocycles. The maximum atomic E-state index is 4.54. The molecular formula is C14H28N4. The summed E-state index contributed by atoms with van der Waals surface area (Å²) in [5, 5.41) is 4.54. The molecule has 0 aromatic heterocycles. The van der Waals surface area contributed by atoms with Crippen molar-refractivity contribution < 1.29 is 0 Å². The third-order valence-corrected chi connectivity index (χ3v) is 4.12. The van der Waals surface area contributed by atoms with Crippen LogP contribution < -0.4 is 16.3 Å². The van der Waals surface area contributed by atoms with E-state index >= 15 is 0 Å². The second kappa shape index (κ2) is 6.53. The van der Waals surface area contributed by atoms with Gasteiger partial charge in [-0.3, -0.25) is 10.9 Å². The predicted octanol–water partition coefficient (Wildman–Crippen LogP) is 2.24. The molecule has 0 aromatic rings. The van der Waals surface area contributed by atoms with Crippen LogP contribution in [0.1, 0.15) is 52.9 Å². The van der Waals surface area contributed by atoms with E-state index in [1.165, 1.54) is 31.4 Å². The minimum Gasteiger partial charge on any atom is -0.291 e. The second-order valence-electron chi connectivity index (χ2n) is 6.29. The van der Waals surface area contributed by atoms with E-state index in [0.717, 1.165) is 24.8 Å². The fourth-order valence-electron chi connectivity index (χ4n) is 3.28. The number of nitrogens with zero attached hydrogens (tertiary/aromatic N) is 1. The monoisotopic (exact) mass is 252 g/mol. The molecule has 3 N–H and O–H groups in total. The van der Waals surface area contributed by atoms with Gasteiger partial charge in [-0.1, -0.05) is 26.7 Å². The van der Waals surface area contributed by atoms with E-state index in [4.69, 9.17) is 0 Å². The van der Waals surface area contributed by atoms with E-state index in [2.05, 4.69) is 42.1 Å². The van der Waals surface area contributed by atoms with Gasteiger partial charge in [-0.05, 0) is 43.9 Å². The van der Waals surface area contributed by atoms with Crippen LogP contribution in [0.25, 0.3) is 0 Å². The minimum atomic E-state index is 0.297. The van der Waals surface area contributed by atoms with E-state index in [1.807, 2.05) is 0 Å². The quantitative estimate of drug-likeness (QED) is 0.531. The van der Waals surface area contributed by atoms with Gasteiger partial charge >= 0.3 is 0 Å². The van der Waals surface area contributed by atoms with E-state index in [0.29, 0.717) is 12.1 Å². The van der Waals surface area contributed by atoms with Crippen LogP contribution in [-0.2, 0) is 0 Å². The van der Waals surface area contributed by atoms with Crippen molar-refractivity contribution in [1.29, 1.82) is 0 Å². The Kier molecular flexibility index (Phi) is 5.01. The number of hydrogen-bond acceptors (Lipinski definition) is 4. The Balaban J connectivity index is 1.87. The molecule has 1 saturated heterocycles. The molecule has 0 aromatic carbocycles. The van der Waals surface area contributed by atoms with Crippen LogP contribution in [0.15, 0.2) is 5.10 Å². The van der Waals surface area contributed by atoms with Crippen LogP contribution in [0.3, 0.4) is 0 Å². The zero-order valence-electron chi connectivity index (χ0n) is 12.0. The van der Waals surface area contributed by atoms with Gasteiger partial charge in [0.25, 0.3) is 0 Å². The summed E-state index contributed by atoms with van der Waals surface area (Å²) < 4.78 is 0. The normalized spacial score (nSPS) is 33.3. The molecule has 0 bridgehead atoms. The van der Waals surface area contributed by atoms with Crippen molar-refractivity contribution in [2.24, 2.45) is 22.9 Å². The van der Waals surface area contributed by atoms with Crippen molar-refractivity contribution in [3.8, 4) is 0 Å². The Bertz CT molecular complexity index is 286. The van der Waals surface area contributed by atoms with Gasteiger partial charge in [-0.25, -0.2) is 5.43 Å². The summed E-state index contributed by atoms with van der Waals surface area (Å²) in [5.74, 6) is 2.23. The number of hydrogen-bond donors (Lipinski definition) is 3. The van der Waals surface area contributed by atoms with Crippen LogP contribution in [0.4, 0.5) is 0 Å². The van der Waals surface area contributed by atoms with Gasteiger partial charge in [-0.15, -0.1) is 0 Å². The molecule has 18 heavy (non-hydrogen) atoms. The average molecular weight is 252 g/mol. The molecule has 1 heterocycles. The molecule has 1 saturated carbocycles. The smallest absolute Gasteiger partial charge is 0.109 e. The van der Waals surface area contributed by atoms with Gasteiger partial charge in [0, 0.05) is 12.3 Å². The summed E-state index contributed by atoms with van der Waals surface area (Å²) in [7, 11) is 0. The Morgan fingerprint density at radius 1 is 1.33 bits per heavy atom. The summed E-state index contributed by atoms with van der Waals surface area (Å²) in [6.07, 6.45) is 6.83. The van der Waals surface area contributed by atoms with Crippen molar-refractivity contribution in [2.75, 3.05) is 6.54 Å². The van der Waals surface area contributed by atoms with Crippen molar-refractivity contribution in [2.45, 2.75) is 59.0 Å². The molecule has 4 nitrogen and oxygen atoms in total. The fraction of sp³-hybridized carbons (Fsp3) is 0.929. The van der Waals surface area contributed by atoms with Crippen molar-refractivity contribution in [3.05, 3.63) is 0 Å². The Morgan fingerprint density at radius 2 is 2.11 bits per heavy atom. The first-order chi connectivity index (χ1) is 8.66. The van der Waals surface area contributed by atoms with Gasteiger partial charge in [0.2, 0.25) is 0 Å². The van der Waals surface area contributed by atoms with Crippen LogP contribution in [-0.4, -0.2) is 18.4 Å². The minimum absolute atomic E-state index is 0.297. The highest BCUT2D eigenvalue weighted by atomic mass is 15.5. The molecule has 2 fully saturated rings. The SMILES string of the molecule is C/C(CC(C)C)=N\NC1NNCC2CCCCC21. The Morgan fingerprint density at radius 3 is 2.89 bits per heavy atom. The molecule has 4 heteroatoms. The van der Waals surface area contributed by atoms with Crippen LogP contribution in [0.5, 0.6) is 0 Å². The zero-order valence-corrected chi connectivity index (χ0v) is 12.0. The Hall–Kier alpha value is -0.610. The summed E-state index contributed by atoms with van der Waals surface area (Å²) in [4.78, 5) is 0. The lowest BCUT2D eigenvalue weighted by atomic mass is 9.77. The lowest BCUT2D eigenvalue weighted by Crippen LogP contribution is -2.61. The summed E-state index contributed by atoms with van der Waals surface area (Å²) >= 11 is 0. The second-order valence-corrected chi connectivity index (χ2v) is 6.29. The van der Waals surface area contributed by atoms with E-state index in [-0.39, 0.29) is 0 Å². The molecule has 3 atom stereocenters. The third kappa shape index (κ3) is 3.69. The Labute approximate surface area is 111 Å². The molecule has 2 rings (SSSR count). The zero-order chi connectivity index (χ0) is 13.0. The van der Waals surface area contributed by atoms with E-state index in [1.54, 1.807) is 0 Å². The maximum absolute atomic E-state index is 4.54. The molecule has 0 amide bonds. The maximum Gasteiger partial charge on any atom is 0.109 e. The van der Waals surface area contributed by atoms with Gasteiger partial charge in [0.15, 0.2) is 0 Å². The number of nitrogens with one attached hydrogen (secondary N) is 3. The summed E-state index contributed by atoms with van der Waals surface area (Å²) in [5.41, 5.74) is 11.2. The van der Waals surface area contributed by atoms with Crippen molar-refractivity contribution in [1.82, 2.24) is 16.3 Å². The summed E-state index contributed by atoms with van der Waals surface area (Å²) in [6, 6.07) is 0. The third-order valence-electron chi connectivity index (χ3n) is 4.12. The lowest BCUT2D eigenvalue weighted by molar-refractivity contribution is 0.0995. The lowest BCUT2D eigenvalue weighted by Gasteiger charge is -2.41. The molecule has 2 aliphatic rings. The number of rotatable bonds is 4. The average Bonchev–Trinajstić information content (AvgIpc) is 2.35. The molecule has 0 radical (unpaired) electrons. The van der Waals surface area contributed by atoms with Crippen molar-refractivity contribution >= 4 is 5.71 Å². The van der Waals surface area contributed by atoms with Crippen molar-refractivity contribution in [3.63, 3.8) is 0 Å². The first kappa shape index (κ1) is 13.8. The molecule has 3 unspecified atom stereocenters. The van der Waals surface area contributed by atoms with Crippen LogP contribution >= 0.6 is 0 Å². The van der Waals surface area contributed by atoms with Gasteiger partial charge in [0.1, 0.15) is 6.17 Å². The number of hydrazine groups is 1. The molecular weight excluding hydrogens is 224 g/mol. The predicted molar refractivity (Wildman–Crippen MR) is 76.1 cm³/mol. The topological polar surface area (TPSA) is 48.5 Å². The van der Waals surface area contributed by atoms with Crippen LogP contribution in [0.2, 0.25) is 0 Å². The van der Waals surface area contributed by atoms with Gasteiger partial charge < -0.3 is 0 Å². The highest BCUT2D eigenvalue weighted by Crippen LogP contribution is 2.32. The number of fused-ring (bicyclic) bond motifs is 1.